The van der Waals surface area contributed by atoms with Crippen molar-refractivity contribution in [3.05, 3.63) is 30.2 Å². The molecule has 2 fully saturated rings. The Morgan fingerprint density at radius 2 is 2.23 bits per heavy atom. The molecule has 0 spiro atoms. The minimum absolute atomic E-state index is 0.0593. The van der Waals surface area contributed by atoms with Gasteiger partial charge in [-0.2, -0.15) is 0 Å². The molecule has 22 heavy (non-hydrogen) atoms. The molecule has 2 aliphatic rings. The van der Waals surface area contributed by atoms with Crippen LogP contribution in [0.3, 0.4) is 0 Å². The first-order valence-electron chi connectivity index (χ1n) is 7.70. The van der Waals surface area contributed by atoms with E-state index in [-0.39, 0.29) is 5.91 Å². The zero-order valence-electron chi connectivity index (χ0n) is 12.2. The number of amides is 1. The highest BCUT2D eigenvalue weighted by Crippen LogP contribution is 2.31. The highest BCUT2D eigenvalue weighted by molar-refractivity contribution is 5.93. The summed E-state index contributed by atoms with van der Waals surface area (Å²) in [6.07, 6.45) is 4.73. The van der Waals surface area contributed by atoms with Crippen molar-refractivity contribution in [1.29, 1.82) is 0 Å². The summed E-state index contributed by atoms with van der Waals surface area (Å²) in [4.78, 5) is 14.7. The lowest BCUT2D eigenvalue weighted by Crippen LogP contribution is -2.37. The number of furan rings is 1. The molecule has 116 valence electrons. The van der Waals surface area contributed by atoms with E-state index in [0.717, 1.165) is 39.0 Å². The maximum Gasteiger partial charge on any atom is 0.276 e. The Hall–Kier alpha value is -2.08. The van der Waals surface area contributed by atoms with Crippen molar-refractivity contribution in [2.24, 2.45) is 5.92 Å². The molecule has 1 aliphatic heterocycles. The molecule has 2 aromatic rings. The predicted molar refractivity (Wildman–Crippen MR) is 77.2 cm³/mol. The average molecular weight is 302 g/mol. The van der Waals surface area contributed by atoms with Crippen LogP contribution < -0.4 is 0 Å². The second-order valence-corrected chi connectivity index (χ2v) is 5.97. The van der Waals surface area contributed by atoms with Crippen molar-refractivity contribution in [2.45, 2.75) is 25.3 Å². The number of ether oxygens (including phenoxy) is 1. The van der Waals surface area contributed by atoms with Crippen molar-refractivity contribution in [2.75, 3.05) is 19.8 Å². The number of nitrogens with zero attached hydrogens (tertiary/aromatic N) is 2. The Bertz CT molecular complexity index is 639. The molecule has 1 aliphatic carbocycles. The van der Waals surface area contributed by atoms with Crippen LogP contribution in [0.5, 0.6) is 0 Å². The quantitative estimate of drug-likeness (QED) is 0.849. The first-order valence-corrected chi connectivity index (χ1v) is 7.70. The molecule has 4 rings (SSSR count). The molecular weight excluding hydrogens is 284 g/mol. The van der Waals surface area contributed by atoms with E-state index >= 15 is 0 Å². The van der Waals surface area contributed by atoms with E-state index in [1.807, 2.05) is 4.90 Å². The molecule has 6 heteroatoms. The molecule has 2 aromatic heterocycles. The molecule has 0 N–H and O–H groups in total. The molecule has 0 aromatic carbocycles. The fourth-order valence-corrected chi connectivity index (χ4v) is 2.85. The van der Waals surface area contributed by atoms with Crippen LogP contribution in [0, 0.1) is 5.92 Å². The van der Waals surface area contributed by atoms with Gasteiger partial charge in [0.25, 0.3) is 5.91 Å². The SMILES string of the molecule is O=C(c1cc(-c2ccco2)on1)N(C[C@H]1CCOC1)C1CC1. The first-order chi connectivity index (χ1) is 10.8. The van der Waals surface area contributed by atoms with Gasteiger partial charge < -0.3 is 18.6 Å². The summed E-state index contributed by atoms with van der Waals surface area (Å²) in [5.74, 6) is 1.43. The van der Waals surface area contributed by atoms with Crippen LogP contribution in [0.4, 0.5) is 0 Å². The maximum atomic E-state index is 12.7. The van der Waals surface area contributed by atoms with Gasteiger partial charge in [-0.25, -0.2) is 0 Å². The Balaban J connectivity index is 1.51. The third-order valence-electron chi connectivity index (χ3n) is 4.22. The summed E-state index contributed by atoms with van der Waals surface area (Å²) in [5.41, 5.74) is 0.345. The van der Waals surface area contributed by atoms with E-state index in [4.69, 9.17) is 13.7 Å². The molecule has 1 amide bonds. The molecule has 0 unspecified atom stereocenters. The van der Waals surface area contributed by atoms with Gasteiger partial charge in [-0.1, -0.05) is 5.16 Å². The van der Waals surface area contributed by atoms with E-state index in [2.05, 4.69) is 5.16 Å². The second kappa shape index (κ2) is 5.61. The van der Waals surface area contributed by atoms with Crippen LogP contribution >= 0.6 is 0 Å². The Labute approximate surface area is 128 Å². The van der Waals surface area contributed by atoms with E-state index in [1.54, 1.807) is 24.5 Å². The number of hydrogen-bond donors (Lipinski definition) is 0. The number of hydrogen-bond acceptors (Lipinski definition) is 5. The van der Waals surface area contributed by atoms with E-state index in [9.17, 15) is 4.79 Å². The Morgan fingerprint density at radius 3 is 2.91 bits per heavy atom. The predicted octanol–water partition coefficient (Wildman–Crippen LogP) is 2.58. The normalized spacial score (nSPS) is 21.2. The van der Waals surface area contributed by atoms with Crippen LogP contribution in [0.25, 0.3) is 11.5 Å². The van der Waals surface area contributed by atoms with Crippen molar-refractivity contribution >= 4 is 5.91 Å². The van der Waals surface area contributed by atoms with Gasteiger partial charge in [0.15, 0.2) is 11.5 Å². The number of rotatable bonds is 5. The standard InChI is InChI=1S/C16H18N2O4/c19-16(13-8-15(22-17-13)14-2-1-6-21-14)18(12-3-4-12)9-11-5-7-20-10-11/h1-2,6,8,11-12H,3-5,7,9-10H2/t11-/m1/s1. The summed E-state index contributed by atoms with van der Waals surface area (Å²) in [5, 5.41) is 3.92. The monoisotopic (exact) mass is 302 g/mol. The molecule has 1 saturated carbocycles. The topological polar surface area (TPSA) is 68.7 Å². The Morgan fingerprint density at radius 1 is 1.32 bits per heavy atom. The van der Waals surface area contributed by atoms with Gasteiger partial charge in [0.05, 0.1) is 12.9 Å². The molecule has 1 atom stereocenters. The zero-order valence-corrected chi connectivity index (χ0v) is 12.2. The summed E-state index contributed by atoms with van der Waals surface area (Å²) in [6, 6.07) is 5.55. The number of carbonyl (C=O) groups is 1. The fourth-order valence-electron chi connectivity index (χ4n) is 2.85. The van der Waals surface area contributed by atoms with Gasteiger partial charge in [0.2, 0.25) is 5.76 Å². The van der Waals surface area contributed by atoms with Gasteiger partial charge in [0, 0.05) is 31.2 Å². The van der Waals surface area contributed by atoms with Crippen LogP contribution in [-0.4, -0.2) is 41.8 Å². The lowest BCUT2D eigenvalue weighted by molar-refractivity contribution is 0.0696. The number of carbonyl (C=O) groups excluding carboxylic acids is 1. The van der Waals surface area contributed by atoms with Crippen molar-refractivity contribution in [3.63, 3.8) is 0 Å². The molecule has 6 nitrogen and oxygen atoms in total. The van der Waals surface area contributed by atoms with Crippen LogP contribution in [0.2, 0.25) is 0 Å². The summed E-state index contributed by atoms with van der Waals surface area (Å²) < 4.78 is 15.9. The molecular formula is C16H18N2O4. The van der Waals surface area contributed by atoms with E-state index < -0.39 is 0 Å². The number of aromatic nitrogens is 1. The van der Waals surface area contributed by atoms with Crippen molar-refractivity contribution in [3.8, 4) is 11.5 Å². The lowest BCUT2D eigenvalue weighted by Gasteiger charge is -2.24. The van der Waals surface area contributed by atoms with Crippen LogP contribution in [-0.2, 0) is 4.74 Å². The lowest BCUT2D eigenvalue weighted by atomic mass is 10.1. The third kappa shape index (κ3) is 2.66. The van der Waals surface area contributed by atoms with Gasteiger partial charge in [-0.05, 0) is 31.4 Å². The van der Waals surface area contributed by atoms with Crippen molar-refractivity contribution in [1.82, 2.24) is 10.1 Å². The van der Waals surface area contributed by atoms with Gasteiger partial charge in [-0.3, -0.25) is 4.79 Å². The molecule has 1 saturated heterocycles. The maximum absolute atomic E-state index is 12.7. The molecule has 0 bridgehead atoms. The molecule has 0 radical (unpaired) electrons. The average Bonchev–Trinajstić information content (AvgIpc) is 3.01. The first kappa shape index (κ1) is 13.6. The zero-order chi connectivity index (χ0) is 14.9. The van der Waals surface area contributed by atoms with Gasteiger partial charge in [-0.15, -0.1) is 0 Å². The van der Waals surface area contributed by atoms with E-state index in [1.165, 1.54) is 0 Å². The Kier molecular flexibility index (Phi) is 3.46. The smallest absolute Gasteiger partial charge is 0.276 e. The fraction of sp³-hybridized carbons (Fsp3) is 0.500. The molecule has 3 heterocycles. The minimum Gasteiger partial charge on any atom is -0.461 e. The van der Waals surface area contributed by atoms with Gasteiger partial charge in [0.1, 0.15) is 0 Å². The summed E-state index contributed by atoms with van der Waals surface area (Å²) in [7, 11) is 0. The second-order valence-electron chi connectivity index (χ2n) is 5.97. The van der Waals surface area contributed by atoms with Gasteiger partial charge >= 0.3 is 0 Å². The van der Waals surface area contributed by atoms with Crippen LogP contribution in [0.15, 0.2) is 33.4 Å². The highest BCUT2D eigenvalue weighted by Gasteiger charge is 2.36. The third-order valence-corrected chi connectivity index (χ3v) is 4.22. The van der Waals surface area contributed by atoms with Crippen molar-refractivity contribution < 1.29 is 18.5 Å². The van der Waals surface area contributed by atoms with Crippen LogP contribution in [0.1, 0.15) is 29.8 Å². The minimum atomic E-state index is -0.0593. The van der Waals surface area contributed by atoms with E-state index in [0.29, 0.717) is 29.2 Å². The largest absolute Gasteiger partial charge is 0.461 e. The summed E-state index contributed by atoms with van der Waals surface area (Å²) in [6.45, 7) is 2.28. The summed E-state index contributed by atoms with van der Waals surface area (Å²) >= 11 is 0. The highest BCUT2D eigenvalue weighted by atomic mass is 16.5.